The van der Waals surface area contributed by atoms with Crippen LogP contribution >= 0.6 is 0 Å². The monoisotopic (exact) mass is 656 g/mol. The molecule has 1 aromatic heterocycles. The van der Waals surface area contributed by atoms with Gasteiger partial charge in [-0.1, -0.05) is 71.9 Å². The SMILES string of the molecule is CC(C)(C)OC(=O)NCC(CN[C@@H](c1nc(-c2cc(F)ccc2F)cn1Cc1ccccc1)C(C)(C)C)CO[Si](C)(C)C(C)(C)C. The molecule has 46 heavy (non-hydrogen) atoms. The van der Waals surface area contributed by atoms with Crippen LogP contribution in [0.1, 0.15) is 79.7 Å². The average molecular weight is 657 g/mol. The zero-order valence-electron chi connectivity index (χ0n) is 29.6. The van der Waals surface area contributed by atoms with Crippen LogP contribution in [0.3, 0.4) is 0 Å². The topological polar surface area (TPSA) is 77.4 Å². The molecule has 0 radical (unpaired) electrons. The van der Waals surface area contributed by atoms with Gasteiger partial charge >= 0.3 is 6.09 Å². The molecule has 0 spiro atoms. The summed E-state index contributed by atoms with van der Waals surface area (Å²) in [4.78, 5) is 17.5. The zero-order chi connectivity index (χ0) is 34.5. The third-order valence-corrected chi connectivity index (χ3v) is 12.9. The van der Waals surface area contributed by atoms with Gasteiger partial charge in [0.15, 0.2) is 8.32 Å². The Morgan fingerprint density at radius 2 is 1.61 bits per heavy atom. The van der Waals surface area contributed by atoms with E-state index in [0.29, 0.717) is 37.8 Å². The fourth-order valence-electron chi connectivity index (χ4n) is 4.73. The Balaban J connectivity index is 1.97. The van der Waals surface area contributed by atoms with Gasteiger partial charge in [0.05, 0.1) is 11.7 Å². The fraction of sp³-hybridized carbons (Fsp3) is 0.556. The molecule has 0 saturated carbocycles. The largest absolute Gasteiger partial charge is 0.444 e. The number of nitrogens with one attached hydrogen (secondary N) is 2. The summed E-state index contributed by atoms with van der Waals surface area (Å²) in [6, 6.07) is 13.1. The third kappa shape index (κ3) is 10.7. The first kappa shape index (κ1) is 37.4. The molecule has 0 aliphatic carbocycles. The number of aromatic nitrogens is 2. The van der Waals surface area contributed by atoms with Crippen LogP contribution in [-0.2, 0) is 15.7 Å². The number of benzene rings is 2. The molecule has 3 aromatic rings. The summed E-state index contributed by atoms with van der Waals surface area (Å²) in [5.41, 5.74) is 0.608. The second kappa shape index (κ2) is 14.8. The first-order valence-electron chi connectivity index (χ1n) is 16.1. The molecular formula is C36H54F2N4O3Si. The van der Waals surface area contributed by atoms with Crippen LogP contribution in [-0.4, -0.2) is 49.3 Å². The van der Waals surface area contributed by atoms with Crippen molar-refractivity contribution in [1.82, 2.24) is 20.2 Å². The van der Waals surface area contributed by atoms with E-state index in [1.807, 2.05) is 55.7 Å². The van der Waals surface area contributed by atoms with E-state index in [4.69, 9.17) is 14.1 Å². The molecule has 1 amide bonds. The molecule has 0 aliphatic heterocycles. The fourth-order valence-corrected chi connectivity index (χ4v) is 5.82. The van der Waals surface area contributed by atoms with Gasteiger partial charge in [-0.25, -0.2) is 18.6 Å². The Morgan fingerprint density at radius 1 is 0.957 bits per heavy atom. The van der Waals surface area contributed by atoms with Gasteiger partial charge in [-0.05, 0) is 68.1 Å². The summed E-state index contributed by atoms with van der Waals surface area (Å²) >= 11 is 0. The molecule has 0 bridgehead atoms. The van der Waals surface area contributed by atoms with Crippen LogP contribution in [0.2, 0.25) is 18.1 Å². The predicted octanol–water partition coefficient (Wildman–Crippen LogP) is 8.72. The van der Waals surface area contributed by atoms with Crippen LogP contribution < -0.4 is 10.6 Å². The standard InChI is InChI=1S/C36H54F2N4O3Si/c1-34(2,3)31(39-20-26(21-40-33(43)45-35(4,5)6)24-44-46(10,11)36(7,8)9)32-41-30(28-19-27(37)17-18-29(28)38)23-42(32)22-25-15-13-12-14-16-25/h12-19,23,26,31,39H,20-22,24H2,1-11H3,(H,40,43)/t26?,31-/m0/s1. The van der Waals surface area contributed by atoms with Crippen molar-refractivity contribution in [2.45, 2.75) is 98.6 Å². The molecule has 7 nitrogen and oxygen atoms in total. The molecule has 1 unspecified atom stereocenters. The number of carbonyl (C=O) groups is 1. The minimum absolute atomic E-state index is 0.0301. The summed E-state index contributed by atoms with van der Waals surface area (Å²) in [6.07, 6.45) is 1.32. The second-order valence-electron chi connectivity index (χ2n) is 15.7. The Kier molecular flexibility index (Phi) is 12.0. The molecule has 2 aromatic carbocycles. The average Bonchev–Trinajstić information content (AvgIpc) is 3.32. The minimum Gasteiger partial charge on any atom is -0.444 e. The second-order valence-corrected chi connectivity index (χ2v) is 20.6. The van der Waals surface area contributed by atoms with Crippen molar-refractivity contribution in [3.63, 3.8) is 0 Å². The Labute approximate surface area is 275 Å². The van der Waals surface area contributed by atoms with E-state index in [-0.39, 0.29) is 28.0 Å². The minimum atomic E-state index is -2.07. The molecule has 2 atom stereocenters. The van der Waals surface area contributed by atoms with Gasteiger partial charge < -0.3 is 24.4 Å². The van der Waals surface area contributed by atoms with Gasteiger partial charge in [0, 0.05) is 43.9 Å². The van der Waals surface area contributed by atoms with E-state index in [1.165, 1.54) is 6.07 Å². The van der Waals surface area contributed by atoms with Gasteiger partial charge in [0.2, 0.25) is 0 Å². The number of carbonyl (C=O) groups excluding carboxylic acids is 1. The third-order valence-electron chi connectivity index (χ3n) is 8.36. The number of rotatable bonds is 12. The summed E-state index contributed by atoms with van der Waals surface area (Å²) in [5.74, 6) is -0.430. The number of amides is 1. The van der Waals surface area contributed by atoms with Crippen LogP contribution in [0.25, 0.3) is 11.3 Å². The van der Waals surface area contributed by atoms with Crippen molar-refractivity contribution < 1.29 is 22.7 Å². The van der Waals surface area contributed by atoms with Crippen LogP contribution in [0.15, 0.2) is 54.7 Å². The van der Waals surface area contributed by atoms with Crippen molar-refractivity contribution >= 4 is 14.4 Å². The van der Waals surface area contributed by atoms with E-state index >= 15 is 0 Å². The molecular weight excluding hydrogens is 603 g/mol. The maximum atomic E-state index is 14.9. The van der Waals surface area contributed by atoms with Crippen molar-refractivity contribution in [1.29, 1.82) is 0 Å². The van der Waals surface area contributed by atoms with Gasteiger partial charge in [-0.2, -0.15) is 0 Å². The van der Waals surface area contributed by atoms with Crippen molar-refractivity contribution in [3.8, 4) is 11.3 Å². The van der Waals surface area contributed by atoms with Crippen molar-refractivity contribution in [3.05, 3.63) is 77.8 Å². The van der Waals surface area contributed by atoms with Crippen molar-refractivity contribution in [2.24, 2.45) is 11.3 Å². The lowest BCUT2D eigenvalue weighted by Crippen LogP contribution is -2.46. The number of alkyl carbamates (subject to hydrolysis) is 1. The highest BCUT2D eigenvalue weighted by molar-refractivity contribution is 6.74. The summed E-state index contributed by atoms with van der Waals surface area (Å²) < 4.78 is 43.3. The number of nitrogens with zero attached hydrogens (tertiary/aromatic N) is 2. The van der Waals surface area contributed by atoms with E-state index in [9.17, 15) is 13.6 Å². The van der Waals surface area contributed by atoms with E-state index in [1.54, 1.807) is 6.20 Å². The van der Waals surface area contributed by atoms with Crippen LogP contribution in [0.5, 0.6) is 0 Å². The lowest BCUT2D eigenvalue weighted by atomic mass is 9.85. The molecule has 3 rings (SSSR count). The normalized spacial score (nSPS) is 14.2. The molecule has 0 fully saturated rings. The lowest BCUT2D eigenvalue weighted by Gasteiger charge is -2.38. The Bertz CT molecular complexity index is 1440. The maximum Gasteiger partial charge on any atom is 0.407 e. The van der Waals surface area contributed by atoms with Gasteiger partial charge in [0.25, 0.3) is 0 Å². The Hall–Kier alpha value is -3.08. The number of hydrogen-bond acceptors (Lipinski definition) is 5. The number of imidazole rings is 1. The lowest BCUT2D eigenvalue weighted by molar-refractivity contribution is 0.0512. The van der Waals surface area contributed by atoms with Gasteiger partial charge in [-0.15, -0.1) is 0 Å². The van der Waals surface area contributed by atoms with Gasteiger partial charge in [0.1, 0.15) is 23.1 Å². The molecule has 254 valence electrons. The van der Waals surface area contributed by atoms with Crippen LogP contribution in [0, 0.1) is 23.0 Å². The summed E-state index contributed by atoms with van der Waals surface area (Å²) in [7, 11) is -2.07. The highest BCUT2D eigenvalue weighted by Crippen LogP contribution is 2.37. The molecule has 2 N–H and O–H groups in total. The summed E-state index contributed by atoms with van der Waals surface area (Å²) in [5, 5.41) is 6.70. The van der Waals surface area contributed by atoms with Crippen molar-refractivity contribution in [2.75, 3.05) is 19.7 Å². The molecule has 10 heteroatoms. The quantitative estimate of drug-likeness (QED) is 0.191. The highest BCUT2D eigenvalue weighted by atomic mass is 28.4. The van der Waals surface area contributed by atoms with E-state index < -0.39 is 31.6 Å². The van der Waals surface area contributed by atoms with E-state index in [0.717, 1.165) is 17.7 Å². The zero-order valence-corrected chi connectivity index (χ0v) is 30.6. The number of hydrogen-bond donors (Lipinski definition) is 2. The molecule has 0 aliphatic rings. The maximum absolute atomic E-state index is 14.9. The van der Waals surface area contributed by atoms with E-state index in [2.05, 4.69) is 65.3 Å². The molecule has 0 saturated heterocycles. The van der Waals surface area contributed by atoms with Crippen LogP contribution in [0.4, 0.5) is 13.6 Å². The highest BCUT2D eigenvalue weighted by Gasteiger charge is 2.38. The Morgan fingerprint density at radius 3 is 2.20 bits per heavy atom. The number of ether oxygens (including phenoxy) is 1. The van der Waals surface area contributed by atoms with Gasteiger partial charge in [-0.3, -0.25) is 0 Å². The smallest absolute Gasteiger partial charge is 0.407 e. The predicted molar refractivity (Wildman–Crippen MR) is 184 cm³/mol. The number of halogens is 2. The summed E-state index contributed by atoms with van der Waals surface area (Å²) in [6.45, 7) is 24.7. The first-order valence-corrected chi connectivity index (χ1v) is 19.0. The first-order chi connectivity index (χ1) is 21.2. The molecule has 1 heterocycles.